The number of nitrogens with one attached hydrogen (secondary N) is 2. The normalized spacial score (nSPS) is 14.6. The number of methoxy groups -OCH3 is 2. The van der Waals surface area contributed by atoms with Crippen molar-refractivity contribution in [1.82, 2.24) is 9.78 Å². The number of rotatable bonds is 7. The Labute approximate surface area is 186 Å². The number of fused-ring (bicyclic) bond motifs is 1. The van der Waals surface area contributed by atoms with Crippen molar-refractivity contribution in [1.29, 1.82) is 0 Å². The van der Waals surface area contributed by atoms with Gasteiger partial charge in [0.25, 0.3) is 5.91 Å². The van der Waals surface area contributed by atoms with Crippen LogP contribution in [0.2, 0.25) is 0 Å². The summed E-state index contributed by atoms with van der Waals surface area (Å²) < 4.78 is 12.2. The van der Waals surface area contributed by atoms with E-state index in [2.05, 4.69) is 15.7 Å². The molecule has 1 unspecified atom stereocenters. The lowest BCUT2D eigenvalue weighted by molar-refractivity contribution is -0.123. The predicted octanol–water partition coefficient (Wildman–Crippen LogP) is 3.96. The van der Waals surface area contributed by atoms with Gasteiger partial charge in [-0.25, -0.2) is 4.68 Å². The first kappa shape index (κ1) is 21.4. The number of aromatic nitrogens is 2. The SMILES string of the molecule is CCc1nn2c(c1-c1ccc(C)cc1)NC(=O)C2CC(=O)Nc1cc(OC)ccc1OC. The Morgan fingerprint density at radius 1 is 1.16 bits per heavy atom. The van der Waals surface area contributed by atoms with Crippen LogP contribution in [0.3, 0.4) is 0 Å². The summed E-state index contributed by atoms with van der Waals surface area (Å²) >= 11 is 0. The molecule has 3 aromatic rings. The van der Waals surface area contributed by atoms with Gasteiger partial charge in [-0.05, 0) is 31.0 Å². The van der Waals surface area contributed by atoms with Gasteiger partial charge in [0, 0.05) is 11.6 Å². The molecule has 1 aliphatic heterocycles. The van der Waals surface area contributed by atoms with E-state index < -0.39 is 6.04 Å². The average Bonchev–Trinajstić information content (AvgIpc) is 3.29. The Morgan fingerprint density at radius 2 is 1.91 bits per heavy atom. The number of hydrogen-bond donors (Lipinski definition) is 2. The van der Waals surface area contributed by atoms with E-state index in [1.165, 1.54) is 7.11 Å². The highest BCUT2D eigenvalue weighted by Gasteiger charge is 2.36. The molecule has 8 heteroatoms. The second-order valence-corrected chi connectivity index (χ2v) is 7.66. The lowest BCUT2D eigenvalue weighted by Crippen LogP contribution is -2.24. The van der Waals surface area contributed by atoms with Crippen molar-refractivity contribution in [2.24, 2.45) is 0 Å². The predicted molar refractivity (Wildman–Crippen MR) is 122 cm³/mol. The van der Waals surface area contributed by atoms with Crippen LogP contribution in [0.25, 0.3) is 11.1 Å². The minimum absolute atomic E-state index is 0.0582. The van der Waals surface area contributed by atoms with Crippen LogP contribution < -0.4 is 20.1 Å². The van der Waals surface area contributed by atoms with E-state index in [4.69, 9.17) is 9.47 Å². The number of aryl methyl sites for hydroxylation is 2. The van der Waals surface area contributed by atoms with Crippen LogP contribution in [0, 0.1) is 6.92 Å². The zero-order valence-corrected chi connectivity index (χ0v) is 18.6. The number of ether oxygens (including phenoxy) is 2. The maximum Gasteiger partial charge on any atom is 0.251 e. The van der Waals surface area contributed by atoms with E-state index in [1.807, 2.05) is 38.1 Å². The van der Waals surface area contributed by atoms with Gasteiger partial charge in [-0.1, -0.05) is 36.8 Å². The molecule has 0 saturated carbocycles. The van der Waals surface area contributed by atoms with Gasteiger partial charge in [-0.3, -0.25) is 9.59 Å². The van der Waals surface area contributed by atoms with Crippen molar-refractivity contribution < 1.29 is 19.1 Å². The van der Waals surface area contributed by atoms with Gasteiger partial charge in [-0.2, -0.15) is 5.10 Å². The molecule has 8 nitrogen and oxygen atoms in total. The van der Waals surface area contributed by atoms with Crippen LogP contribution in [0.4, 0.5) is 11.5 Å². The molecule has 0 spiro atoms. The van der Waals surface area contributed by atoms with Crippen LogP contribution in [-0.4, -0.2) is 35.8 Å². The lowest BCUT2D eigenvalue weighted by Gasteiger charge is -2.13. The van der Waals surface area contributed by atoms with E-state index in [0.29, 0.717) is 29.4 Å². The fraction of sp³-hybridized carbons (Fsp3) is 0.292. The minimum atomic E-state index is -0.730. The van der Waals surface area contributed by atoms with Gasteiger partial charge in [-0.15, -0.1) is 0 Å². The number of carbonyl (C=O) groups excluding carboxylic acids is 2. The van der Waals surface area contributed by atoms with Crippen molar-refractivity contribution >= 4 is 23.3 Å². The topological polar surface area (TPSA) is 94.5 Å². The van der Waals surface area contributed by atoms with Crippen LogP contribution in [0.1, 0.15) is 30.6 Å². The molecular formula is C24H26N4O4. The lowest BCUT2D eigenvalue weighted by atomic mass is 10.0. The van der Waals surface area contributed by atoms with Gasteiger partial charge >= 0.3 is 0 Å². The van der Waals surface area contributed by atoms with Crippen molar-refractivity contribution in [2.75, 3.05) is 24.9 Å². The first-order chi connectivity index (χ1) is 15.4. The third-order valence-electron chi connectivity index (χ3n) is 5.56. The largest absolute Gasteiger partial charge is 0.497 e. The second-order valence-electron chi connectivity index (χ2n) is 7.66. The zero-order chi connectivity index (χ0) is 22.8. The van der Waals surface area contributed by atoms with Crippen LogP contribution in [-0.2, 0) is 16.0 Å². The first-order valence-corrected chi connectivity index (χ1v) is 10.5. The Balaban J connectivity index is 1.60. The summed E-state index contributed by atoms with van der Waals surface area (Å²) in [6, 6.07) is 12.5. The maximum absolute atomic E-state index is 12.8. The summed E-state index contributed by atoms with van der Waals surface area (Å²) in [5, 5.41) is 10.4. The standard InChI is InChI=1S/C24H26N4O4/c1-5-17-22(15-8-6-14(2)7-9-15)23-26-24(30)19(28(23)27-17)13-21(29)25-18-12-16(31-3)10-11-20(18)32-4/h6-12,19H,5,13H2,1-4H3,(H,25,29)(H,26,30). The van der Waals surface area contributed by atoms with Crippen molar-refractivity contribution in [3.63, 3.8) is 0 Å². The number of nitrogens with zero attached hydrogens (tertiary/aromatic N) is 2. The average molecular weight is 434 g/mol. The third-order valence-corrected chi connectivity index (χ3v) is 5.56. The zero-order valence-electron chi connectivity index (χ0n) is 18.6. The molecule has 2 N–H and O–H groups in total. The number of hydrogen-bond acceptors (Lipinski definition) is 5. The molecule has 2 heterocycles. The molecule has 4 rings (SSSR count). The summed E-state index contributed by atoms with van der Waals surface area (Å²) in [6.07, 6.45) is 0.649. The minimum Gasteiger partial charge on any atom is -0.497 e. The fourth-order valence-corrected chi connectivity index (χ4v) is 3.88. The van der Waals surface area contributed by atoms with Gasteiger partial charge < -0.3 is 20.1 Å². The number of anilines is 2. The Hall–Kier alpha value is -3.81. The smallest absolute Gasteiger partial charge is 0.251 e. The molecule has 0 fully saturated rings. The van der Waals surface area contributed by atoms with E-state index in [1.54, 1.807) is 30.0 Å². The summed E-state index contributed by atoms with van der Waals surface area (Å²) in [5.74, 6) is 1.15. The first-order valence-electron chi connectivity index (χ1n) is 10.5. The van der Waals surface area contributed by atoms with Crippen molar-refractivity contribution in [2.45, 2.75) is 32.7 Å². The second kappa shape index (κ2) is 8.74. The monoisotopic (exact) mass is 434 g/mol. The molecule has 0 bridgehead atoms. The highest BCUT2D eigenvalue weighted by molar-refractivity contribution is 6.04. The van der Waals surface area contributed by atoms with Crippen molar-refractivity contribution in [3.8, 4) is 22.6 Å². The highest BCUT2D eigenvalue weighted by atomic mass is 16.5. The molecule has 0 aliphatic carbocycles. The van der Waals surface area contributed by atoms with E-state index in [-0.39, 0.29) is 18.2 Å². The molecule has 1 atom stereocenters. The van der Waals surface area contributed by atoms with Gasteiger partial charge in [0.15, 0.2) is 0 Å². The molecular weight excluding hydrogens is 408 g/mol. The summed E-state index contributed by atoms with van der Waals surface area (Å²) in [6.45, 7) is 4.05. The third kappa shape index (κ3) is 3.91. The van der Waals surface area contributed by atoms with E-state index >= 15 is 0 Å². The van der Waals surface area contributed by atoms with Crippen LogP contribution in [0.5, 0.6) is 11.5 Å². The van der Waals surface area contributed by atoms with E-state index in [0.717, 1.165) is 22.4 Å². The molecule has 32 heavy (non-hydrogen) atoms. The number of amides is 2. The molecule has 0 radical (unpaired) electrons. The summed E-state index contributed by atoms with van der Waals surface area (Å²) in [5.41, 5.74) is 4.40. The quantitative estimate of drug-likeness (QED) is 0.587. The molecule has 166 valence electrons. The van der Waals surface area contributed by atoms with Gasteiger partial charge in [0.2, 0.25) is 5.91 Å². The van der Waals surface area contributed by atoms with Gasteiger partial charge in [0.1, 0.15) is 23.4 Å². The van der Waals surface area contributed by atoms with Crippen LogP contribution >= 0.6 is 0 Å². The van der Waals surface area contributed by atoms with E-state index in [9.17, 15) is 9.59 Å². The number of carbonyl (C=O) groups is 2. The van der Waals surface area contributed by atoms with Crippen molar-refractivity contribution in [3.05, 3.63) is 53.7 Å². The molecule has 1 aliphatic rings. The Morgan fingerprint density at radius 3 is 2.56 bits per heavy atom. The highest BCUT2D eigenvalue weighted by Crippen LogP contribution is 2.39. The van der Waals surface area contributed by atoms with Gasteiger partial charge in [0.05, 0.1) is 32.0 Å². The molecule has 2 aromatic carbocycles. The number of benzene rings is 2. The Kier molecular flexibility index (Phi) is 5.85. The Bertz CT molecular complexity index is 1170. The molecule has 1 aromatic heterocycles. The molecule has 0 saturated heterocycles. The molecule has 2 amide bonds. The summed E-state index contributed by atoms with van der Waals surface area (Å²) in [7, 11) is 3.07. The van der Waals surface area contributed by atoms with Crippen LogP contribution in [0.15, 0.2) is 42.5 Å². The maximum atomic E-state index is 12.8. The summed E-state index contributed by atoms with van der Waals surface area (Å²) in [4.78, 5) is 25.6. The fourth-order valence-electron chi connectivity index (χ4n) is 3.88.